The van der Waals surface area contributed by atoms with Crippen LogP contribution in [0.15, 0.2) is 29.2 Å². The van der Waals surface area contributed by atoms with Crippen LogP contribution in [0.25, 0.3) is 0 Å². The van der Waals surface area contributed by atoms with E-state index in [-0.39, 0.29) is 16.4 Å². The molecule has 7 nitrogen and oxygen atoms in total. The zero-order chi connectivity index (χ0) is 15.5. The molecule has 1 aromatic rings. The summed E-state index contributed by atoms with van der Waals surface area (Å²) >= 11 is 0. The molecule has 114 valence electrons. The number of nitrogens with one attached hydrogen (secondary N) is 2. The quantitative estimate of drug-likeness (QED) is 0.712. The summed E-state index contributed by atoms with van der Waals surface area (Å²) in [4.78, 5) is 23.8. The summed E-state index contributed by atoms with van der Waals surface area (Å²) in [6.07, 6.45) is 2.27. The number of sulfonamides is 1. The molecule has 21 heavy (non-hydrogen) atoms. The van der Waals surface area contributed by atoms with Gasteiger partial charge in [0.15, 0.2) is 0 Å². The van der Waals surface area contributed by atoms with E-state index in [0.717, 1.165) is 12.8 Å². The number of hydrogen-bond donors (Lipinski definition) is 3. The number of hydrogen-bond acceptors (Lipinski definition) is 4. The van der Waals surface area contributed by atoms with Gasteiger partial charge in [-0.25, -0.2) is 13.6 Å². The smallest absolute Gasteiger partial charge is 0.251 e. The zero-order valence-electron chi connectivity index (χ0n) is 11.3. The Labute approximate surface area is 123 Å². The zero-order valence-corrected chi connectivity index (χ0v) is 12.2. The Bertz CT molecular complexity index is 657. The van der Waals surface area contributed by atoms with Crippen molar-refractivity contribution in [2.75, 3.05) is 6.54 Å². The third-order valence-corrected chi connectivity index (χ3v) is 4.18. The lowest BCUT2D eigenvalue weighted by atomic mass is 10.1. The Kier molecular flexibility index (Phi) is 4.59. The number of rotatable bonds is 3. The molecule has 2 rings (SSSR count). The summed E-state index contributed by atoms with van der Waals surface area (Å²) in [6.45, 7) is 0.603. The van der Waals surface area contributed by atoms with Gasteiger partial charge in [0.2, 0.25) is 15.9 Å². The highest BCUT2D eigenvalue weighted by molar-refractivity contribution is 7.89. The molecule has 1 aliphatic heterocycles. The summed E-state index contributed by atoms with van der Waals surface area (Å²) < 4.78 is 22.6. The topological polar surface area (TPSA) is 118 Å². The maximum atomic E-state index is 12.1. The van der Waals surface area contributed by atoms with Gasteiger partial charge < -0.3 is 10.6 Å². The van der Waals surface area contributed by atoms with E-state index in [1.807, 2.05) is 0 Å². The summed E-state index contributed by atoms with van der Waals surface area (Å²) in [5.74, 6) is -0.717. The highest BCUT2D eigenvalue weighted by Gasteiger charge is 2.23. The summed E-state index contributed by atoms with van der Waals surface area (Å²) in [6, 6.07) is 4.81. The van der Waals surface area contributed by atoms with Crippen LogP contribution in [0.5, 0.6) is 0 Å². The first-order chi connectivity index (χ1) is 9.88. The van der Waals surface area contributed by atoms with E-state index in [1.165, 1.54) is 24.3 Å². The molecule has 1 saturated heterocycles. The fraction of sp³-hybridized carbons (Fsp3) is 0.385. The van der Waals surface area contributed by atoms with Crippen LogP contribution in [0.2, 0.25) is 0 Å². The molecule has 0 radical (unpaired) electrons. The van der Waals surface area contributed by atoms with Crippen molar-refractivity contribution in [3.8, 4) is 0 Å². The molecular weight excluding hydrogens is 294 g/mol. The van der Waals surface area contributed by atoms with Crippen LogP contribution in [0.4, 0.5) is 0 Å². The molecule has 0 aliphatic carbocycles. The number of carbonyl (C=O) groups is 2. The van der Waals surface area contributed by atoms with Crippen molar-refractivity contribution in [3.63, 3.8) is 0 Å². The SMILES string of the molecule is NS(=O)(=O)c1cccc(C(=O)N[C@H]2CCCCNC2=O)c1. The minimum Gasteiger partial charge on any atom is -0.354 e. The van der Waals surface area contributed by atoms with Crippen LogP contribution in [-0.2, 0) is 14.8 Å². The van der Waals surface area contributed by atoms with Crippen molar-refractivity contribution in [2.45, 2.75) is 30.2 Å². The molecule has 1 fully saturated rings. The van der Waals surface area contributed by atoms with Crippen molar-refractivity contribution in [1.82, 2.24) is 10.6 Å². The van der Waals surface area contributed by atoms with Gasteiger partial charge in [-0.15, -0.1) is 0 Å². The van der Waals surface area contributed by atoms with Crippen LogP contribution >= 0.6 is 0 Å². The standard InChI is InChI=1S/C13H17N3O4S/c14-21(19,20)10-5-3-4-9(8-10)12(17)16-11-6-1-2-7-15-13(11)18/h3-5,8,11H,1-2,6-7H2,(H,15,18)(H,16,17)(H2,14,19,20)/t11-/m0/s1. The van der Waals surface area contributed by atoms with E-state index in [2.05, 4.69) is 10.6 Å². The fourth-order valence-corrected chi connectivity index (χ4v) is 2.69. The number of carbonyl (C=O) groups excluding carboxylic acids is 2. The Morgan fingerprint density at radius 1 is 1.33 bits per heavy atom. The average molecular weight is 311 g/mol. The average Bonchev–Trinajstić information content (AvgIpc) is 2.63. The predicted octanol–water partition coefficient (Wildman–Crippen LogP) is -0.268. The molecule has 4 N–H and O–H groups in total. The lowest BCUT2D eigenvalue weighted by Gasteiger charge is -2.15. The molecule has 1 aliphatic rings. The lowest BCUT2D eigenvalue weighted by molar-refractivity contribution is -0.122. The first-order valence-electron chi connectivity index (χ1n) is 6.59. The van der Waals surface area contributed by atoms with E-state index in [9.17, 15) is 18.0 Å². The molecular formula is C13H17N3O4S. The molecule has 1 atom stereocenters. The molecule has 0 unspecified atom stereocenters. The van der Waals surface area contributed by atoms with Gasteiger partial charge in [0, 0.05) is 12.1 Å². The summed E-state index contributed by atoms with van der Waals surface area (Å²) in [7, 11) is -3.87. The fourth-order valence-electron chi connectivity index (χ4n) is 2.13. The van der Waals surface area contributed by atoms with E-state index in [1.54, 1.807) is 0 Å². The van der Waals surface area contributed by atoms with Crippen LogP contribution in [0.1, 0.15) is 29.6 Å². The predicted molar refractivity (Wildman–Crippen MR) is 75.9 cm³/mol. The van der Waals surface area contributed by atoms with E-state index in [0.29, 0.717) is 13.0 Å². The minimum absolute atomic E-state index is 0.138. The van der Waals surface area contributed by atoms with Gasteiger partial charge in [-0.2, -0.15) is 0 Å². The Morgan fingerprint density at radius 3 is 2.81 bits per heavy atom. The van der Waals surface area contributed by atoms with Crippen molar-refractivity contribution < 1.29 is 18.0 Å². The normalized spacial score (nSPS) is 19.5. The van der Waals surface area contributed by atoms with Crippen molar-refractivity contribution in [1.29, 1.82) is 0 Å². The van der Waals surface area contributed by atoms with E-state index < -0.39 is 22.0 Å². The molecule has 8 heteroatoms. The molecule has 2 amide bonds. The van der Waals surface area contributed by atoms with Crippen LogP contribution in [0, 0.1) is 0 Å². The van der Waals surface area contributed by atoms with Gasteiger partial charge in [-0.05, 0) is 37.5 Å². The third-order valence-electron chi connectivity index (χ3n) is 3.27. The van der Waals surface area contributed by atoms with Gasteiger partial charge in [0.05, 0.1) is 4.90 Å². The maximum Gasteiger partial charge on any atom is 0.251 e. The van der Waals surface area contributed by atoms with Crippen LogP contribution in [0.3, 0.4) is 0 Å². The first-order valence-corrected chi connectivity index (χ1v) is 8.14. The highest BCUT2D eigenvalue weighted by Crippen LogP contribution is 2.11. The summed E-state index contributed by atoms with van der Waals surface area (Å²) in [5, 5.41) is 10.4. The van der Waals surface area contributed by atoms with Crippen molar-refractivity contribution >= 4 is 21.8 Å². The Balaban J connectivity index is 2.15. The number of amides is 2. The van der Waals surface area contributed by atoms with Crippen molar-refractivity contribution in [3.05, 3.63) is 29.8 Å². The van der Waals surface area contributed by atoms with Gasteiger partial charge >= 0.3 is 0 Å². The van der Waals surface area contributed by atoms with Gasteiger partial charge in [-0.3, -0.25) is 9.59 Å². The monoisotopic (exact) mass is 311 g/mol. The van der Waals surface area contributed by atoms with Gasteiger partial charge in [-0.1, -0.05) is 6.07 Å². The molecule has 1 heterocycles. The van der Waals surface area contributed by atoms with Gasteiger partial charge in [0.25, 0.3) is 5.91 Å². The number of benzene rings is 1. The second kappa shape index (κ2) is 6.23. The number of primary sulfonamides is 1. The van der Waals surface area contributed by atoms with E-state index >= 15 is 0 Å². The van der Waals surface area contributed by atoms with Crippen molar-refractivity contribution in [2.24, 2.45) is 5.14 Å². The molecule has 0 saturated carbocycles. The second-order valence-corrected chi connectivity index (χ2v) is 6.45. The van der Waals surface area contributed by atoms with E-state index in [4.69, 9.17) is 5.14 Å². The minimum atomic E-state index is -3.87. The van der Waals surface area contributed by atoms with Gasteiger partial charge in [0.1, 0.15) is 6.04 Å². The molecule has 0 spiro atoms. The molecule has 1 aromatic carbocycles. The Hall–Kier alpha value is -1.93. The molecule has 0 bridgehead atoms. The summed E-state index contributed by atoms with van der Waals surface area (Å²) in [5.41, 5.74) is 0.151. The Morgan fingerprint density at radius 2 is 2.10 bits per heavy atom. The first kappa shape index (κ1) is 15.5. The largest absolute Gasteiger partial charge is 0.354 e. The highest BCUT2D eigenvalue weighted by atomic mass is 32.2. The number of nitrogens with two attached hydrogens (primary N) is 1. The van der Waals surface area contributed by atoms with Crippen LogP contribution < -0.4 is 15.8 Å². The lowest BCUT2D eigenvalue weighted by Crippen LogP contribution is -2.45. The van der Waals surface area contributed by atoms with Crippen LogP contribution in [-0.4, -0.2) is 32.8 Å². The molecule has 0 aromatic heterocycles. The third kappa shape index (κ3) is 4.02. The maximum absolute atomic E-state index is 12.1. The second-order valence-electron chi connectivity index (χ2n) is 4.89.